The largest absolute Gasteiger partial charge is 0.355 e. The molecule has 0 aromatic rings. The molecule has 0 aromatic carbocycles. The van der Waals surface area contributed by atoms with E-state index in [1.165, 1.54) is 12.8 Å². The molecule has 1 fully saturated rings. The van der Waals surface area contributed by atoms with Crippen LogP contribution < -0.4 is 10.6 Å². The van der Waals surface area contributed by atoms with Crippen molar-refractivity contribution in [1.29, 1.82) is 0 Å². The SMILES string of the molecule is CCN(C)CCNC(=O)CC1NCCCC1C. The number of piperidine rings is 1. The molecule has 0 spiro atoms. The molecular formula is C13H27N3O. The maximum Gasteiger partial charge on any atom is 0.221 e. The van der Waals surface area contributed by atoms with Crippen LogP contribution in [-0.4, -0.2) is 50.1 Å². The molecule has 0 radical (unpaired) electrons. The van der Waals surface area contributed by atoms with Crippen molar-refractivity contribution in [3.05, 3.63) is 0 Å². The fourth-order valence-electron chi connectivity index (χ4n) is 2.20. The first-order valence-corrected chi connectivity index (χ1v) is 6.82. The van der Waals surface area contributed by atoms with E-state index in [0.29, 0.717) is 18.4 Å². The minimum absolute atomic E-state index is 0.181. The lowest BCUT2D eigenvalue weighted by atomic mass is 9.90. The van der Waals surface area contributed by atoms with Crippen molar-refractivity contribution in [3.63, 3.8) is 0 Å². The van der Waals surface area contributed by atoms with E-state index in [1.54, 1.807) is 0 Å². The van der Waals surface area contributed by atoms with Crippen LogP contribution in [0.2, 0.25) is 0 Å². The van der Waals surface area contributed by atoms with E-state index in [4.69, 9.17) is 0 Å². The van der Waals surface area contributed by atoms with Crippen LogP contribution in [0.3, 0.4) is 0 Å². The Morgan fingerprint density at radius 2 is 2.29 bits per heavy atom. The van der Waals surface area contributed by atoms with Gasteiger partial charge in [-0.2, -0.15) is 0 Å². The van der Waals surface area contributed by atoms with Crippen molar-refractivity contribution in [1.82, 2.24) is 15.5 Å². The molecule has 4 heteroatoms. The first-order valence-electron chi connectivity index (χ1n) is 6.82. The number of carbonyl (C=O) groups excluding carboxylic acids is 1. The van der Waals surface area contributed by atoms with E-state index in [-0.39, 0.29) is 5.91 Å². The van der Waals surface area contributed by atoms with Gasteiger partial charge in [-0.15, -0.1) is 0 Å². The van der Waals surface area contributed by atoms with Gasteiger partial charge in [0.2, 0.25) is 5.91 Å². The number of hydrogen-bond acceptors (Lipinski definition) is 3. The summed E-state index contributed by atoms with van der Waals surface area (Å²) < 4.78 is 0. The van der Waals surface area contributed by atoms with E-state index in [2.05, 4.69) is 36.4 Å². The first kappa shape index (κ1) is 14.5. The van der Waals surface area contributed by atoms with Crippen LogP contribution >= 0.6 is 0 Å². The molecule has 2 atom stereocenters. The molecular weight excluding hydrogens is 214 g/mol. The van der Waals surface area contributed by atoms with Crippen LogP contribution in [-0.2, 0) is 4.79 Å². The Kier molecular flexibility index (Phi) is 6.52. The highest BCUT2D eigenvalue weighted by molar-refractivity contribution is 5.76. The molecule has 2 N–H and O–H groups in total. The molecule has 0 aliphatic carbocycles. The lowest BCUT2D eigenvalue weighted by molar-refractivity contribution is -0.122. The number of amides is 1. The molecule has 1 rings (SSSR count). The van der Waals surface area contributed by atoms with Crippen molar-refractivity contribution in [2.75, 3.05) is 33.2 Å². The smallest absolute Gasteiger partial charge is 0.221 e. The fraction of sp³-hybridized carbons (Fsp3) is 0.923. The van der Waals surface area contributed by atoms with Crippen LogP contribution in [0.5, 0.6) is 0 Å². The summed E-state index contributed by atoms with van der Waals surface area (Å²) >= 11 is 0. The third-order valence-corrected chi connectivity index (χ3v) is 3.69. The summed E-state index contributed by atoms with van der Waals surface area (Å²) in [4.78, 5) is 14.0. The van der Waals surface area contributed by atoms with Gasteiger partial charge in [0.25, 0.3) is 0 Å². The molecule has 17 heavy (non-hydrogen) atoms. The number of nitrogens with zero attached hydrogens (tertiary/aromatic N) is 1. The predicted octanol–water partition coefficient (Wildman–Crippen LogP) is 0.833. The molecule has 1 aliphatic rings. The zero-order chi connectivity index (χ0) is 12.7. The van der Waals surface area contributed by atoms with Gasteiger partial charge in [-0.1, -0.05) is 13.8 Å². The second kappa shape index (κ2) is 7.67. The van der Waals surface area contributed by atoms with Crippen molar-refractivity contribution < 1.29 is 4.79 Å². The van der Waals surface area contributed by atoms with Crippen LogP contribution in [0.4, 0.5) is 0 Å². The van der Waals surface area contributed by atoms with E-state index >= 15 is 0 Å². The second-order valence-corrected chi connectivity index (χ2v) is 5.13. The summed E-state index contributed by atoms with van der Waals surface area (Å²) in [6.45, 7) is 8.11. The van der Waals surface area contributed by atoms with Gasteiger partial charge in [0.15, 0.2) is 0 Å². The van der Waals surface area contributed by atoms with Crippen molar-refractivity contribution >= 4 is 5.91 Å². The van der Waals surface area contributed by atoms with Crippen LogP contribution in [0, 0.1) is 5.92 Å². The highest BCUT2D eigenvalue weighted by atomic mass is 16.1. The Morgan fingerprint density at radius 1 is 1.53 bits per heavy atom. The van der Waals surface area contributed by atoms with Gasteiger partial charge < -0.3 is 15.5 Å². The second-order valence-electron chi connectivity index (χ2n) is 5.13. The van der Waals surface area contributed by atoms with E-state index in [0.717, 1.165) is 26.2 Å². The maximum atomic E-state index is 11.8. The summed E-state index contributed by atoms with van der Waals surface area (Å²) in [6.07, 6.45) is 3.10. The fourth-order valence-corrected chi connectivity index (χ4v) is 2.20. The Morgan fingerprint density at radius 3 is 2.94 bits per heavy atom. The summed E-state index contributed by atoms with van der Waals surface area (Å²) in [7, 11) is 2.07. The Bertz CT molecular complexity index is 233. The molecule has 4 nitrogen and oxygen atoms in total. The maximum absolute atomic E-state index is 11.8. The zero-order valence-electron chi connectivity index (χ0n) is 11.5. The Labute approximate surface area is 105 Å². The average Bonchev–Trinajstić information content (AvgIpc) is 2.32. The molecule has 1 amide bonds. The minimum Gasteiger partial charge on any atom is -0.355 e. The van der Waals surface area contributed by atoms with Gasteiger partial charge in [0.1, 0.15) is 0 Å². The summed E-state index contributed by atoms with van der Waals surface area (Å²) in [5.41, 5.74) is 0. The first-order chi connectivity index (χ1) is 8.13. The number of hydrogen-bond donors (Lipinski definition) is 2. The summed E-state index contributed by atoms with van der Waals surface area (Å²) in [6, 6.07) is 0.368. The van der Waals surface area contributed by atoms with Crippen molar-refractivity contribution in [2.45, 2.75) is 39.2 Å². The van der Waals surface area contributed by atoms with Gasteiger partial charge in [0.05, 0.1) is 0 Å². The van der Waals surface area contributed by atoms with Gasteiger partial charge in [0, 0.05) is 25.6 Å². The third kappa shape index (κ3) is 5.50. The van der Waals surface area contributed by atoms with E-state index in [9.17, 15) is 4.79 Å². The molecule has 0 saturated carbocycles. The molecule has 1 aliphatic heterocycles. The van der Waals surface area contributed by atoms with Crippen molar-refractivity contribution in [2.24, 2.45) is 5.92 Å². The number of carbonyl (C=O) groups is 1. The lowest BCUT2D eigenvalue weighted by Crippen LogP contribution is -2.44. The monoisotopic (exact) mass is 241 g/mol. The molecule has 2 unspecified atom stereocenters. The number of likely N-dealkylation sites (N-methyl/N-ethyl adjacent to an activating group) is 1. The molecule has 100 valence electrons. The Hall–Kier alpha value is -0.610. The topological polar surface area (TPSA) is 44.4 Å². The van der Waals surface area contributed by atoms with Gasteiger partial charge in [-0.25, -0.2) is 0 Å². The molecule has 0 aromatic heterocycles. The normalized spacial score (nSPS) is 24.9. The molecule has 1 heterocycles. The van der Waals surface area contributed by atoms with Gasteiger partial charge >= 0.3 is 0 Å². The quantitative estimate of drug-likeness (QED) is 0.724. The van der Waals surface area contributed by atoms with Crippen molar-refractivity contribution in [3.8, 4) is 0 Å². The number of rotatable bonds is 6. The Balaban J connectivity index is 2.15. The predicted molar refractivity (Wildman–Crippen MR) is 71.0 cm³/mol. The molecule has 0 bridgehead atoms. The summed E-state index contributed by atoms with van der Waals surface area (Å²) in [5.74, 6) is 0.800. The highest BCUT2D eigenvalue weighted by Gasteiger charge is 2.22. The lowest BCUT2D eigenvalue weighted by Gasteiger charge is -2.29. The van der Waals surface area contributed by atoms with Crippen LogP contribution in [0.1, 0.15) is 33.1 Å². The van der Waals surface area contributed by atoms with E-state index in [1.807, 2.05) is 0 Å². The van der Waals surface area contributed by atoms with Gasteiger partial charge in [-0.05, 0) is 38.9 Å². The zero-order valence-corrected chi connectivity index (χ0v) is 11.5. The van der Waals surface area contributed by atoms with Crippen LogP contribution in [0.15, 0.2) is 0 Å². The third-order valence-electron chi connectivity index (χ3n) is 3.69. The van der Waals surface area contributed by atoms with E-state index < -0.39 is 0 Å². The highest BCUT2D eigenvalue weighted by Crippen LogP contribution is 2.17. The van der Waals surface area contributed by atoms with Crippen LogP contribution in [0.25, 0.3) is 0 Å². The molecule has 1 saturated heterocycles. The number of nitrogens with one attached hydrogen (secondary N) is 2. The minimum atomic E-state index is 0.181. The van der Waals surface area contributed by atoms with Gasteiger partial charge in [-0.3, -0.25) is 4.79 Å². The summed E-state index contributed by atoms with van der Waals surface area (Å²) in [5, 5.41) is 6.43. The standard InChI is InChI=1S/C13H27N3O/c1-4-16(3)9-8-15-13(17)10-12-11(2)6-5-7-14-12/h11-12,14H,4-10H2,1-3H3,(H,15,17). The average molecular weight is 241 g/mol.